The van der Waals surface area contributed by atoms with Gasteiger partial charge in [-0.2, -0.15) is 12.8 Å². The summed E-state index contributed by atoms with van der Waals surface area (Å²) in [4.78, 5) is 0. The Morgan fingerprint density at radius 1 is 0.818 bits per heavy atom. The quantitative estimate of drug-likeness (QED) is 0.542. The second-order valence-corrected chi connectivity index (χ2v) is 4.15. The normalized spacial score (nSPS) is 19.9. The Kier molecular flexibility index (Phi) is 4.79. The van der Waals surface area contributed by atoms with Gasteiger partial charge in [0.1, 0.15) is 0 Å². The Hall–Kier alpha value is 0. The molecule has 0 aromatic carbocycles. The highest BCUT2D eigenvalue weighted by Crippen LogP contribution is 2.27. The molecule has 0 spiro atoms. The molecule has 0 aliphatic heterocycles. The summed E-state index contributed by atoms with van der Waals surface area (Å²) in [5.74, 6) is 3.22. The standard InChI is InChI=1S/C11H23/c1-7-9(4)11(6)10(5)8(2)3/h7-11H,1-6H3/q-1. The average Bonchev–Trinajstić information content (AvgIpc) is 2.00. The van der Waals surface area contributed by atoms with Crippen LogP contribution in [-0.2, 0) is 0 Å². The molecule has 0 heterocycles. The maximum atomic E-state index is 2.36. The van der Waals surface area contributed by atoms with E-state index in [2.05, 4.69) is 48.0 Å². The second kappa shape index (κ2) is 4.79. The molecule has 0 aliphatic carbocycles. The van der Waals surface area contributed by atoms with E-state index in [0.717, 1.165) is 23.7 Å². The Morgan fingerprint density at radius 3 is 1.55 bits per heavy atom. The molecule has 0 fully saturated rings. The molecule has 0 bridgehead atoms. The second-order valence-electron chi connectivity index (χ2n) is 4.15. The number of hydrogen-bond acceptors (Lipinski definition) is 0. The van der Waals surface area contributed by atoms with Crippen molar-refractivity contribution in [2.45, 2.75) is 41.5 Å². The van der Waals surface area contributed by atoms with Gasteiger partial charge in [0.15, 0.2) is 0 Å². The van der Waals surface area contributed by atoms with Gasteiger partial charge < -0.3 is 6.42 Å². The topological polar surface area (TPSA) is 0 Å². The molecule has 68 valence electrons. The van der Waals surface area contributed by atoms with Gasteiger partial charge >= 0.3 is 0 Å². The van der Waals surface area contributed by atoms with Gasteiger partial charge in [-0.25, -0.2) is 0 Å². The summed E-state index contributed by atoms with van der Waals surface area (Å²) < 4.78 is 0. The molecule has 0 saturated carbocycles. The third kappa shape index (κ3) is 3.27. The molecule has 0 nitrogen and oxygen atoms in total. The first-order valence-electron chi connectivity index (χ1n) is 4.80. The van der Waals surface area contributed by atoms with Gasteiger partial charge in [0.25, 0.3) is 0 Å². The molecule has 11 heavy (non-hydrogen) atoms. The van der Waals surface area contributed by atoms with Crippen molar-refractivity contribution in [3.8, 4) is 0 Å². The fraction of sp³-hybridized carbons (Fsp3) is 0.909. The lowest BCUT2D eigenvalue weighted by atomic mass is 9.78. The first-order chi connectivity index (χ1) is 5.00. The monoisotopic (exact) mass is 155 g/mol. The molecule has 0 aromatic rings. The Labute approximate surface area is 72.4 Å². The van der Waals surface area contributed by atoms with Gasteiger partial charge in [0.2, 0.25) is 0 Å². The fourth-order valence-corrected chi connectivity index (χ4v) is 1.39. The van der Waals surface area contributed by atoms with E-state index in [1.807, 2.05) is 0 Å². The predicted octanol–water partition coefficient (Wildman–Crippen LogP) is 3.77. The van der Waals surface area contributed by atoms with Crippen LogP contribution in [0.3, 0.4) is 0 Å². The molecular formula is C11H23-. The molecule has 0 radical (unpaired) electrons. The highest BCUT2D eigenvalue weighted by atomic mass is 14.2. The maximum absolute atomic E-state index is 2.36. The lowest BCUT2D eigenvalue weighted by molar-refractivity contribution is 0.242. The van der Waals surface area contributed by atoms with Crippen LogP contribution < -0.4 is 0 Å². The first-order valence-corrected chi connectivity index (χ1v) is 4.80. The van der Waals surface area contributed by atoms with Crippen molar-refractivity contribution in [2.24, 2.45) is 23.7 Å². The molecule has 0 aliphatic rings. The van der Waals surface area contributed by atoms with Crippen molar-refractivity contribution < 1.29 is 0 Å². The number of rotatable bonds is 4. The first kappa shape index (κ1) is 11.0. The van der Waals surface area contributed by atoms with Gasteiger partial charge in [0, 0.05) is 0 Å². The van der Waals surface area contributed by atoms with E-state index >= 15 is 0 Å². The lowest BCUT2D eigenvalue weighted by Gasteiger charge is -2.33. The fourth-order valence-electron chi connectivity index (χ4n) is 1.39. The minimum atomic E-state index is 0.757. The Morgan fingerprint density at radius 2 is 1.27 bits per heavy atom. The van der Waals surface area contributed by atoms with Crippen molar-refractivity contribution >= 4 is 0 Å². The predicted molar refractivity (Wildman–Crippen MR) is 52.3 cm³/mol. The maximum Gasteiger partial charge on any atom is -0.0416 e. The van der Waals surface area contributed by atoms with E-state index in [1.54, 1.807) is 0 Å². The minimum absolute atomic E-state index is 0.757. The summed E-state index contributed by atoms with van der Waals surface area (Å²) in [7, 11) is 0. The van der Waals surface area contributed by atoms with E-state index in [1.165, 1.54) is 0 Å². The van der Waals surface area contributed by atoms with Crippen molar-refractivity contribution in [3.05, 3.63) is 6.42 Å². The van der Waals surface area contributed by atoms with Crippen LogP contribution >= 0.6 is 0 Å². The van der Waals surface area contributed by atoms with Crippen LogP contribution in [0.4, 0.5) is 0 Å². The summed E-state index contributed by atoms with van der Waals surface area (Å²) in [6.07, 6.45) is 2.31. The van der Waals surface area contributed by atoms with Crippen molar-refractivity contribution in [3.63, 3.8) is 0 Å². The van der Waals surface area contributed by atoms with Gasteiger partial charge in [-0.1, -0.05) is 40.5 Å². The molecule has 0 N–H and O–H groups in total. The minimum Gasteiger partial charge on any atom is -0.328 e. The van der Waals surface area contributed by atoms with Gasteiger partial charge in [-0.05, 0) is 11.8 Å². The molecule has 0 heteroatoms. The zero-order valence-electron chi connectivity index (χ0n) is 8.89. The Balaban J connectivity index is 3.90. The van der Waals surface area contributed by atoms with Crippen LogP contribution in [0.2, 0.25) is 0 Å². The highest BCUT2D eigenvalue weighted by molar-refractivity contribution is 4.77. The van der Waals surface area contributed by atoms with E-state index < -0.39 is 0 Å². The van der Waals surface area contributed by atoms with Crippen LogP contribution in [-0.4, -0.2) is 0 Å². The summed E-state index contributed by atoms with van der Waals surface area (Å²) in [5.41, 5.74) is 0. The molecule has 0 amide bonds. The van der Waals surface area contributed by atoms with Gasteiger partial charge in [-0.15, -0.1) is 0 Å². The largest absolute Gasteiger partial charge is 0.328 e. The molecule has 3 unspecified atom stereocenters. The lowest BCUT2D eigenvalue weighted by Crippen LogP contribution is -2.20. The summed E-state index contributed by atoms with van der Waals surface area (Å²) >= 11 is 0. The molecule has 0 saturated heterocycles. The zero-order valence-corrected chi connectivity index (χ0v) is 8.89. The molecule has 0 rings (SSSR count). The third-order valence-corrected chi connectivity index (χ3v) is 3.24. The zero-order chi connectivity index (χ0) is 9.02. The van der Waals surface area contributed by atoms with Crippen molar-refractivity contribution in [1.82, 2.24) is 0 Å². The average molecular weight is 155 g/mol. The van der Waals surface area contributed by atoms with Gasteiger partial charge in [0.05, 0.1) is 0 Å². The van der Waals surface area contributed by atoms with E-state index in [-0.39, 0.29) is 0 Å². The smallest absolute Gasteiger partial charge is 0.0416 e. The third-order valence-electron chi connectivity index (χ3n) is 3.24. The molecule has 3 atom stereocenters. The van der Waals surface area contributed by atoms with Crippen LogP contribution in [0, 0.1) is 30.1 Å². The summed E-state index contributed by atoms with van der Waals surface area (Å²) in [6, 6.07) is 0. The van der Waals surface area contributed by atoms with Gasteiger partial charge in [-0.3, -0.25) is 0 Å². The van der Waals surface area contributed by atoms with Crippen LogP contribution in [0.1, 0.15) is 41.5 Å². The van der Waals surface area contributed by atoms with E-state index in [9.17, 15) is 0 Å². The SMILES string of the molecule is C[CH-]C(C)C(C)C(C)C(C)C. The van der Waals surface area contributed by atoms with Crippen LogP contribution in [0.5, 0.6) is 0 Å². The Bertz CT molecular complexity index is 94.2. The van der Waals surface area contributed by atoms with Crippen molar-refractivity contribution in [1.29, 1.82) is 0 Å². The molecular weight excluding hydrogens is 132 g/mol. The van der Waals surface area contributed by atoms with Crippen LogP contribution in [0.15, 0.2) is 0 Å². The number of hydrogen-bond donors (Lipinski definition) is 0. The molecule has 0 aromatic heterocycles. The summed E-state index contributed by atoms with van der Waals surface area (Å²) in [5, 5.41) is 0. The van der Waals surface area contributed by atoms with E-state index in [0.29, 0.717) is 0 Å². The summed E-state index contributed by atoms with van der Waals surface area (Å²) in [6.45, 7) is 13.8. The van der Waals surface area contributed by atoms with Crippen molar-refractivity contribution in [2.75, 3.05) is 0 Å². The van der Waals surface area contributed by atoms with E-state index in [4.69, 9.17) is 0 Å². The van der Waals surface area contributed by atoms with Crippen LogP contribution in [0.25, 0.3) is 0 Å². The highest BCUT2D eigenvalue weighted by Gasteiger charge is 2.15.